The lowest BCUT2D eigenvalue weighted by molar-refractivity contribution is 0.200. The molecule has 0 amide bonds. The highest BCUT2D eigenvalue weighted by Gasteiger charge is 2.28. The van der Waals surface area contributed by atoms with Crippen LogP contribution in [0.1, 0.15) is 37.2 Å². The van der Waals surface area contributed by atoms with Crippen LogP contribution in [0.4, 0.5) is 0 Å². The summed E-state index contributed by atoms with van der Waals surface area (Å²) in [6, 6.07) is 20.0. The normalized spacial score (nSPS) is 22.6. The molecule has 1 saturated carbocycles. The molecule has 0 aromatic heterocycles. The highest BCUT2D eigenvalue weighted by Crippen LogP contribution is 2.33. The molecule has 1 nitrogen and oxygen atoms in total. The van der Waals surface area contributed by atoms with Crippen LogP contribution in [-0.2, 0) is 0 Å². The van der Waals surface area contributed by atoms with Crippen LogP contribution in [0.2, 0.25) is 0 Å². The Morgan fingerprint density at radius 1 is 0.818 bits per heavy atom. The van der Waals surface area contributed by atoms with Crippen molar-refractivity contribution in [1.82, 2.24) is 4.90 Å². The fourth-order valence-corrected chi connectivity index (χ4v) is 3.74. The van der Waals surface area contributed by atoms with Gasteiger partial charge in [-0.15, -0.1) is 0 Å². The van der Waals surface area contributed by atoms with Gasteiger partial charge in [0.25, 0.3) is 0 Å². The van der Waals surface area contributed by atoms with E-state index in [1.54, 1.807) is 0 Å². The number of hydrogen-bond acceptors (Lipinski definition) is 1. The quantitative estimate of drug-likeness (QED) is 0.771. The van der Waals surface area contributed by atoms with E-state index in [1.807, 2.05) is 0 Å². The van der Waals surface area contributed by atoms with Crippen LogP contribution in [0.15, 0.2) is 54.6 Å². The van der Waals surface area contributed by atoms with Crippen LogP contribution >= 0.6 is 0 Å². The number of benzene rings is 2. The molecule has 2 aromatic rings. The number of hydrogen-bond donors (Lipinski definition) is 0. The zero-order chi connectivity index (χ0) is 14.8. The Hall–Kier alpha value is -1.60. The highest BCUT2D eigenvalue weighted by molar-refractivity contribution is 5.63. The molecule has 1 heterocycles. The Morgan fingerprint density at radius 2 is 1.55 bits per heavy atom. The Morgan fingerprint density at radius 3 is 2.27 bits per heavy atom. The minimum Gasteiger partial charge on any atom is -0.302 e. The molecule has 1 aliphatic heterocycles. The van der Waals surface area contributed by atoms with Gasteiger partial charge in [-0.25, -0.2) is 0 Å². The van der Waals surface area contributed by atoms with Crippen molar-refractivity contribution in [1.29, 1.82) is 0 Å². The maximum absolute atomic E-state index is 2.71. The van der Waals surface area contributed by atoms with Crippen molar-refractivity contribution in [3.05, 3.63) is 60.2 Å². The molecule has 4 rings (SSSR count). The van der Waals surface area contributed by atoms with E-state index in [-0.39, 0.29) is 0 Å². The summed E-state index contributed by atoms with van der Waals surface area (Å²) in [5.41, 5.74) is 4.17. The molecule has 2 fully saturated rings. The molecule has 0 radical (unpaired) electrons. The number of rotatable bonds is 4. The standard InChI is InChI=1S/C21H25N/c1-2-5-18(6-3-1)19-10-12-20(13-11-19)21-7-4-14-22(16-21)15-17-8-9-17/h1-3,5-6,10-13,17,21H,4,7-9,14-16H2/t21-/m0/s1. The maximum atomic E-state index is 2.71. The Kier molecular flexibility index (Phi) is 3.99. The molecular weight excluding hydrogens is 266 g/mol. The first kappa shape index (κ1) is 14.0. The molecule has 0 N–H and O–H groups in total. The summed E-state index contributed by atoms with van der Waals surface area (Å²) in [7, 11) is 0. The number of nitrogens with zero attached hydrogens (tertiary/aromatic N) is 1. The second kappa shape index (κ2) is 6.26. The molecular formula is C21H25N. The lowest BCUT2D eigenvalue weighted by atomic mass is 9.89. The molecule has 0 unspecified atom stereocenters. The van der Waals surface area contributed by atoms with Crippen molar-refractivity contribution in [2.75, 3.05) is 19.6 Å². The average molecular weight is 291 g/mol. The van der Waals surface area contributed by atoms with Gasteiger partial charge in [-0.05, 0) is 60.8 Å². The molecule has 2 aliphatic rings. The monoisotopic (exact) mass is 291 g/mol. The second-order valence-corrected chi connectivity index (χ2v) is 7.03. The lowest BCUT2D eigenvalue weighted by Crippen LogP contribution is -2.35. The predicted octanol–water partition coefficient (Wildman–Crippen LogP) is 4.94. The molecule has 22 heavy (non-hydrogen) atoms. The van der Waals surface area contributed by atoms with Gasteiger partial charge in [0.1, 0.15) is 0 Å². The summed E-state index contributed by atoms with van der Waals surface area (Å²) in [6.45, 7) is 3.93. The highest BCUT2D eigenvalue weighted by atomic mass is 15.1. The van der Waals surface area contributed by atoms with E-state index < -0.39 is 0 Å². The van der Waals surface area contributed by atoms with Crippen LogP contribution in [0.3, 0.4) is 0 Å². The van der Waals surface area contributed by atoms with E-state index >= 15 is 0 Å². The molecule has 0 spiro atoms. The largest absolute Gasteiger partial charge is 0.302 e. The zero-order valence-electron chi connectivity index (χ0n) is 13.2. The lowest BCUT2D eigenvalue weighted by Gasteiger charge is -2.33. The van der Waals surface area contributed by atoms with Crippen molar-refractivity contribution in [3.8, 4) is 11.1 Å². The molecule has 1 heteroatoms. The van der Waals surface area contributed by atoms with Crippen LogP contribution in [0.5, 0.6) is 0 Å². The fourth-order valence-electron chi connectivity index (χ4n) is 3.74. The first-order valence-electron chi connectivity index (χ1n) is 8.76. The summed E-state index contributed by atoms with van der Waals surface area (Å²) in [5.74, 6) is 1.75. The van der Waals surface area contributed by atoms with Crippen molar-refractivity contribution in [2.24, 2.45) is 5.92 Å². The van der Waals surface area contributed by atoms with Crippen LogP contribution in [-0.4, -0.2) is 24.5 Å². The van der Waals surface area contributed by atoms with Gasteiger partial charge >= 0.3 is 0 Å². The maximum Gasteiger partial charge on any atom is 0.00504 e. The van der Waals surface area contributed by atoms with E-state index in [4.69, 9.17) is 0 Å². The third-order valence-corrected chi connectivity index (χ3v) is 5.21. The average Bonchev–Trinajstić information content (AvgIpc) is 3.40. The summed E-state index contributed by atoms with van der Waals surface area (Å²) in [5, 5.41) is 0. The van der Waals surface area contributed by atoms with Gasteiger partial charge in [0.05, 0.1) is 0 Å². The van der Waals surface area contributed by atoms with E-state index in [1.165, 1.54) is 62.0 Å². The molecule has 1 saturated heterocycles. The van der Waals surface area contributed by atoms with Crippen LogP contribution < -0.4 is 0 Å². The van der Waals surface area contributed by atoms with Gasteiger partial charge in [-0.3, -0.25) is 0 Å². The Labute approximate surface area is 134 Å². The number of piperidine rings is 1. The molecule has 1 atom stereocenters. The topological polar surface area (TPSA) is 3.24 Å². The van der Waals surface area contributed by atoms with E-state index in [0.29, 0.717) is 0 Å². The smallest absolute Gasteiger partial charge is 0.00504 e. The summed E-state index contributed by atoms with van der Waals surface area (Å²) >= 11 is 0. The van der Waals surface area contributed by atoms with Crippen LogP contribution in [0, 0.1) is 5.92 Å². The van der Waals surface area contributed by atoms with E-state index in [2.05, 4.69) is 59.5 Å². The minimum absolute atomic E-state index is 0.734. The molecule has 2 aromatic carbocycles. The summed E-state index contributed by atoms with van der Waals surface area (Å²) in [6.07, 6.45) is 5.64. The zero-order valence-corrected chi connectivity index (χ0v) is 13.2. The van der Waals surface area contributed by atoms with Gasteiger partial charge in [0.2, 0.25) is 0 Å². The number of likely N-dealkylation sites (tertiary alicyclic amines) is 1. The van der Waals surface area contributed by atoms with E-state index in [9.17, 15) is 0 Å². The fraction of sp³-hybridized carbons (Fsp3) is 0.429. The van der Waals surface area contributed by atoms with Crippen molar-refractivity contribution in [3.63, 3.8) is 0 Å². The molecule has 0 bridgehead atoms. The first-order chi connectivity index (χ1) is 10.9. The van der Waals surface area contributed by atoms with Gasteiger partial charge < -0.3 is 4.90 Å². The summed E-state index contributed by atoms with van der Waals surface area (Å²) < 4.78 is 0. The van der Waals surface area contributed by atoms with Gasteiger partial charge in [-0.2, -0.15) is 0 Å². The third kappa shape index (κ3) is 3.25. The Balaban J connectivity index is 1.45. The third-order valence-electron chi connectivity index (χ3n) is 5.21. The van der Waals surface area contributed by atoms with Crippen molar-refractivity contribution >= 4 is 0 Å². The second-order valence-electron chi connectivity index (χ2n) is 7.03. The Bertz CT molecular complexity index is 598. The van der Waals surface area contributed by atoms with E-state index in [0.717, 1.165) is 11.8 Å². The van der Waals surface area contributed by atoms with Crippen LogP contribution in [0.25, 0.3) is 11.1 Å². The van der Waals surface area contributed by atoms with Gasteiger partial charge in [-0.1, -0.05) is 54.6 Å². The predicted molar refractivity (Wildman–Crippen MR) is 93.0 cm³/mol. The van der Waals surface area contributed by atoms with Gasteiger partial charge in [0, 0.05) is 13.1 Å². The van der Waals surface area contributed by atoms with Crippen molar-refractivity contribution < 1.29 is 0 Å². The van der Waals surface area contributed by atoms with Gasteiger partial charge in [0.15, 0.2) is 0 Å². The SMILES string of the molecule is c1ccc(-c2ccc([C@H]3CCCN(CC4CC4)C3)cc2)cc1. The molecule has 1 aliphatic carbocycles. The first-order valence-corrected chi connectivity index (χ1v) is 8.76. The minimum atomic E-state index is 0.734. The summed E-state index contributed by atoms with van der Waals surface area (Å²) in [4.78, 5) is 2.71. The van der Waals surface area contributed by atoms with Crippen molar-refractivity contribution in [2.45, 2.75) is 31.6 Å². The molecule has 114 valence electrons.